The van der Waals surface area contributed by atoms with Gasteiger partial charge in [0.2, 0.25) is 0 Å². The predicted molar refractivity (Wildman–Crippen MR) is 197 cm³/mol. The van der Waals surface area contributed by atoms with Crippen molar-refractivity contribution in [1.29, 1.82) is 0 Å². The Morgan fingerprint density at radius 3 is 1.17 bits per heavy atom. The molecule has 0 fully saturated rings. The molecule has 3 heteroatoms. The standard InChI is InChI=1S/2C15H24O.C14H22O/c1-6-15(5)10(2)14(3,4)13-11(15)8-7-9-12(13)16;1-6-15(5)10(2)14(3,4)11-8-7-9-12(16)13(11)15;1-9-13(2,3)10-7-6-8-11(15)12(10)14(9,4)5/h2*10H,6-9H2,1-5H3;9H,6-8H2,1-5H3. The third kappa shape index (κ3) is 5.64. The molecule has 6 aliphatic rings. The first-order chi connectivity index (χ1) is 21.5. The van der Waals surface area contributed by atoms with E-state index in [4.69, 9.17) is 0 Å². The highest BCUT2D eigenvalue weighted by Crippen LogP contribution is 2.63. The topological polar surface area (TPSA) is 51.2 Å². The van der Waals surface area contributed by atoms with Gasteiger partial charge in [-0.05, 0) is 102 Å². The maximum absolute atomic E-state index is 12.2. The zero-order valence-electron chi connectivity index (χ0n) is 33.2. The van der Waals surface area contributed by atoms with Crippen molar-refractivity contribution in [2.24, 2.45) is 50.2 Å². The third-order valence-corrected chi connectivity index (χ3v) is 16.0. The van der Waals surface area contributed by atoms with E-state index in [-0.39, 0.29) is 32.5 Å². The summed E-state index contributed by atoms with van der Waals surface area (Å²) in [6.07, 6.45) is 11.2. The van der Waals surface area contributed by atoms with Gasteiger partial charge >= 0.3 is 0 Å². The Labute approximate surface area is 289 Å². The molecule has 0 aromatic rings. The summed E-state index contributed by atoms with van der Waals surface area (Å²) in [5.41, 5.74) is 8.96. The number of carbonyl (C=O) groups is 3. The number of Topliss-reactive ketones (excluding diaryl/α,β-unsaturated/α-hetero) is 3. The highest BCUT2D eigenvalue weighted by Gasteiger charge is 2.56. The molecule has 0 spiro atoms. The fourth-order valence-corrected chi connectivity index (χ4v) is 11.5. The monoisotopic (exact) mass is 647 g/mol. The Morgan fingerprint density at radius 1 is 0.426 bits per heavy atom. The van der Waals surface area contributed by atoms with Crippen LogP contribution in [-0.2, 0) is 14.4 Å². The predicted octanol–water partition coefficient (Wildman–Crippen LogP) is 12.0. The second-order valence-corrected chi connectivity index (χ2v) is 19.0. The summed E-state index contributed by atoms with van der Waals surface area (Å²) in [7, 11) is 0. The van der Waals surface area contributed by atoms with E-state index in [1.807, 2.05) is 0 Å². The molecule has 0 aliphatic heterocycles. The molecule has 0 radical (unpaired) electrons. The molecule has 0 N–H and O–H groups in total. The van der Waals surface area contributed by atoms with Gasteiger partial charge in [-0.1, -0.05) is 121 Å². The van der Waals surface area contributed by atoms with Crippen LogP contribution in [0, 0.1) is 50.2 Å². The van der Waals surface area contributed by atoms with Gasteiger partial charge in [0.1, 0.15) is 0 Å². The van der Waals surface area contributed by atoms with Crippen LogP contribution >= 0.6 is 0 Å². The number of carbonyl (C=O) groups excluding carboxylic acids is 3. The normalized spacial score (nSPS) is 36.3. The number of rotatable bonds is 2. The van der Waals surface area contributed by atoms with E-state index in [1.165, 1.54) is 33.4 Å². The van der Waals surface area contributed by atoms with Crippen molar-refractivity contribution in [3.8, 4) is 0 Å². The summed E-state index contributed by atoms with van der Waals surface area (Å²) in [4.78, 5) is 36.5. The van der Waals surface area contributed by atoms with Crippen molar-refractivity contribution in [3.05, 3.63) is 33.4 Å². The van der Waals surface area contributed by atoms with Crippen LogP contribution in [0.15, 0.2) is 33.4 Å². The molecular formula is C44H70O3. The molecule has 3 nitrogen and oxygen atoms in total. The van der Waals surface area contributed by atoms with Gasteiger partial charge in [0, 0.05) is 36.0 Å². The summed E-state index contributed by atoms with van der Waals surface area (Å²) >= 11 is 0. The molecule has 0 amide bonds. The molecule has 0 aromatic carbocycles. The Hall–Kier alpha value is -1.77. The first-order valence-corrected chi connectivity index (χ1v) is 19.3. The van der Waals surface area contributed by atoms with Gasteiger partial charge in [0.15, 0.2) is 17.3 Å². The van der Waals surface area contributed by atoms with E-state index < -0.39 is 0 Å². The zero-order valence-corrected chi connectivity index (χ0v) is 33.2. The van der Waals surface area contributed by atoms with Crippen LogP contribution in [-0.4, -0.2) is 17.3 Å². The SMILES string of the molecule is CC1C(C)(C)C2=C(C(=O)CCC2)C1(C)C.CCC1(C)C2=C(C(=O)CCC2)C(C)(C)C1C.CCC1(C)C2=C(CCCC2=O)C(C)(C)C1C. The van der Waals surface area contributed by atoms with Crippen molar-refractivity contribution in [3.63, 3.8) is 0 Å². The van der Waals surface area contributed by atoms with Gasteiger partial charge in [0.25, 0.3) is 0 Å². The van der Waals surface area contributed by atoms with Crippen LogP contribution in [0.3, 0.4) is 0 Å². The molecule has 0 bridgehead atoms. The maximum atomic E-state index is 12.2. The van der Waals surface area contributed by atoms with Gasteiger partial charge in [-0.3, -0.25) is 14.4 Å². The minimum Gasteiger partial charge on any atom is -0.295 e. The maximum Gasteiger partial charge on any atom is 0.159 e. The van der Waals surface area contributed by atoms with Crippen LogP contribution in [0.5, 0.6) is 0 Å². The van der Waals surface area contributed by atoms with E-state index in [1.54, 1.807) is 0 Å². The van der Waals surface area contributed by atoms with E-state index in [9.17, 15) is 14.4 Å². The second-order valence-electron chi connectivity index (χ2n) is 19.0. The summed E-state index contributed by atoms with van der Waals surface area (Å²) < 4.78 is 0. The number of hydrogen-bond donors (Lipinski definition) is 0. The van der Waals surface area contributed by atoms with Gasteiger partial charge in [-0.2, -0.15) is 0 Å². The zero-order chi connectivity index (χ0) is 35.7. The fourth-order valence-electron chi connectivity index (χ4n) is 11.5. The fraction of sp³-hybridized carbons (Fsp3) is 0.795. The number of allylic oxidation sites excluding steroid dienone is 6. The van der Waals surface area contributed by atoms with Crippen molar-refractivity contribution in [2.75, 3.05) is 0 Å². The summed E-state index contributed by atoms with van der Waals surface area (Å²) in [5.74, 6) is 3.00. The van der Waals surface area contributed by atoms with Gasteiger partial charge in [-0.25, -0.2) is 0 Å². The molecular weight excluding hydrogens is 576 g/mol. The highest BCUT2D eigenvalue weighted by molar-refractivity contribution is 6.00. The highest BCUT2D eigenvalue weighted by atomic mass is 16.1. The molecule has 5 atom stereocenters. The molecule has 0 saturated carbocycles. The van der Waals surface area contributed by atoms with Crippen LogP contribution < -0.4 is 0 Å². The van der Waals surface area contributed by atoms with Crippen molar-refractivity contribution >= 4 is 17.3 Å². The third-order valence-electron chi connectivity index (χ3n) is 16.0. The van der Waals surface area contributed by atoms with Gasteiger partial charge in [-0.15, -0.1) is 0 Å². The van der Waals surface area contributed by atoms with E-state index in [0.29, 0.717) is 35.1 Å². The Bertz CT molecular complexity index is 1410. The van der Waals surface area contributed by atoms with Crippen molar-refractivity contribution in [2.45, 2.75) is 174 Å². The minimum atomic E-state index is 0.0797. The average Bonchev–Trinajstić information content (AvgIpc) is 3.35. The van der Waals surface area contributed by atoms with Crippen LogP contribution in [0.1, 0.15) is 174 Å². The molecule has 47 heavy (non-hydrogen) atoms. The summed E-state index contributed by atoms with van der Waals surface area (Å²) in [5, 5.41) is 0. The molecule has 0 aromatic heterocycles. The Balaban J connectivity index is 0.000000160. The molecule has 264 valence electrons. The first kappa shape index (κ1) is 38.0. The van der Waals surface area contributed by atoms with E-state index in [0.717, 1.165) is 70.6 Å². The van der Waals surface area contributed by atoms with Crippen LogP contribution in [0.4, 0.5) is 0 Å². The van der Waals surface area contributed by atoms with Gasteiger partial charge < -0.3 is 0 Å². The van der Waals surface area contributed by atoms with E-state index >= 15 is 0 Å². The largest absolute Gasteiger partial charge is 0.295 e. The van der Waals surface area contributed by atoms with Gasteiger partial charge in [0.05, 0.1) is 0 Å². The lowest BCUT2D eigenvalue weighted by atomic mass is 9.67. The number of ketones is 3. The number of hydrogen-bond acceptors (Lipinski definition) is 3. The Morgan fingerprint density at radius 2 is 0.745 bits per heavy atom. The molecule has 0 saturated heterocycles. The van der Waals surface area contributed by atoms with Crippen LogP contribution in [0.25, 0.3) is 0 Å². The lowest BCUT2D eigenvalue weighted by molar-refractivity contribution is -0.118. The van der Waals surface area contributed by atoms with Crippen molar-refractivity contribution < 1.29 is 14.4 Å². The quantitative estimate of drug-likeness (QED) is 0.300. The molecule has 0 heterocycles. The lowest BCUT2D eigenvalue weighted by Crippen LogP contribution is -2.31. The lowest BCUT2D eigenvalue weighted by Gasteiger charge is -2.37. The second kappa shape index (κ2) is 12.5. The Kier molecular flexibility index (Phi) is 10.1. The average molecular weight is 647 g/mol. The molecule has 5 unspecified atom stereocenters. The summed E-state index contributed by atoms with van der Waals surface area (Å²) in [6, 6.07) is 0. The molecule has 6 rings (SSSR count). The molecule has 6 aliphatic carbocycles. The summed E-state index contributed by atoms with van der Waals surface area (Å²) in [6.45, 7) is 34.4. The smallest absolute Gasteiger partial charge is 0.159 e. The minimum absolute atomic E-state index is 0.0797. The van der Waals surface area contributed by atoms with E-state index in [2.05, 4.69) is 104 Å². The van der Waals surface area contributed by atoms with Crippen molar-refractivity contribution in [1.82, 2.24) is 0 Å². The van der Waals surface area contributed by atoms with Crippen LogP contribution in [0.2, 0.25) is 0 Å². The first-order valence-electron chi connectivity index (χ1n) is 19.3.